The Morgan fingerprint density at radius 3 is 2.95 bits per heavy atom. The Kier molecular flexibility index (Phi) is 4.20. The number of nitrogens with zero attached hydrogens (tertiary/aromatic N) is 2. The average Bonchev–Trinajstić information content (AvgIpc) is 2.93. The Balaban J connectivity index is 2.13. The SMILES string of the molecule is C=Cn1cc(CNc2cccc(C(=O)NC)c2C)cn1. The van der Waals surface area contributed by atoms with Crippen molar-refractivity contribution in [1.29, 1.82) is 0 Å². The van der Waals surface area contributed by atoms with Gasteiger partial charge >= 0.3 is 0 Å². The maximum Gasteiger partial charge on any atom is 0.251 e. The maximum atomic E-state index is 11.7. The molecule has 0 spiro atoms. The lowest BCUT2D eigenvalue weighted by atomic mass is 10.1. The van der Waals surface area contributed by atoms with E-state index in [0.29, 0.717) is 12.1 Å². The standard InChI is InChI=1S/C15H18N4O/c1-4-19-10-12(9-18-19)8-17-14-7-5-6-13(11(14)2)15(20)16-3/h4-7,9-10,17H,1,8H2,2-3H3,(H,16,20). The van der Waals surface area contributed by atoms with Crippen molar-refractivity contribution in [3.8, 4) is 0 Å². The summed E-state index contributed by atoms with van der Waals surface area (Å²) in [4.78, 5) is 11.7. The van der Waals surface area contributed by atoms with Crippen LogP contribution in [0.5, 0.6) is 0 Å². The zero-order valence-corrected chi connectivity index (χ0v) is 11.7. The summed E-state index contributed by atoms with van der Waals surface area (Å²) in [6.45, 7) is 6.23. The fraction of sp³-hybridized carbons (Fsp3) is 0.200. The summed E-state index contributed by atoms with van der Waals surface area (Å²) in [5.74, 6) is -0.0781. The molecule has 5 nitrogen and oxygen atoms in total. The molecule has 0 saturated carbocycles. The molecule has 5 heteroatoms. The van der Waals surface area contributed by atoms with Crippen molar-refractivity contribution in [2.24, 2.45) is 0 Å². The van der Waals surface area contributed by atoms with Crippen molar-refractivity contribution < 1.29 is 4.79 Å². The highest BCUT2D eigenvalue weighted by atomic mass is 16.1. The van der Waals surface area contributed by atoms with Gasteiger partial charge in [-0.25, -0.2) is 4.68 Å². The minimum Gasteiger partial charge on any atom is -0.381 e. The van der Waals surface area contributed by atoms with E-state index in [4.69, 9.17) is 0 Å². The summed E-state index contributed by atoms with van der Waals surface area (Å²) in [6, 6.07) is 5.64. The summed E-state index contributed by atoms with van der Waals surface area (Å²) in [5, 5.41) is 10.1. The third kappa shape index (κ3) is 2.88. The molecular formula is C15H18N4O. The minimum atomic E-state index is -0.0781. The second kappa shape index (κ2) is 6.06. The van der Waals surface area contributed by atoms with Gasteiger partial charge < -0.3 is 10.6 Å². The summed E-state index contributed by atoms with van der Waals surface area (Å²) in [7, 11) is 1.63. The predicted octanol–water partition coefficient (Wildman–Crippen LogP) is 2.26. The lowest BCUT2D eigenvalue weighted by molar-refractivity contribution is 0.0962. The lowest BCUT2D eigenvalue weighted by Crippen LogP contribution is -2.19. The smallest absolute Gasteiger partial charge is 0.251 e. The van der Waals surface area contributed by atoms with Crippen LogP contribution in [0.15, 0.2) is 37.2 Å². The molecule has 0 fully saturated rings. The van der Waals surface area contributed by atoms with Crippen LogP contribution in [0, 0.1) is 6.92 Å². The Morgan fingerprint density at radius 2 is 2.30 bits per heavy atom. The third-order valence-electron chi connectivity index (χ3n) is 3.13. The van der Waals surface area contributed by atoms with Crippen molar-refractivity contribution in [3.05, 3.63) is 53.9 Å². The zero-order valence-electron chi connectivity index (χ0n) is 11.7. The van der Waals surface area contributed by atoms with Gasteiger partial charge in [0, 0.05) is 42.8 Å². The highest BCUT2D eigenvalue weighted by Gasteiger charge is 2.09. The molecule has 0 aliphatic heterocycles. The van der Waals surface area contributed by atoms with Crippen LogP contribution in [0.1, 0.15) is 21.5 Å². The Bertz CT molecular complexity index is 631. The minimum absolute atomic E-state index is 0.0781. The van der Waals surface area contributed by atoms with Gasteiger partial charge in [-0.05, 0) is 24.6 Å². The number of anilines is 1. The quantitative estimate of drug-likeness (QED) is 0.876. The van der Waals surface area contributed by atoms with Crippen LogP contribution in [-0.2, 0) is 6.54 Å². The number of hydrogen-bond acceptors (Lipinski definition) is 3. The molecule has 1 aromatic carbocycles. The van der Waals surface area contributed by atoms with Gasteiger partial charge in [0.05, 0.1) is 6.20 Å². The van der Waals surface area contributed by atoms with E-state index in [1.54, 1.807) is 24.1 Å². The number of nitrogens with one attached hydrogen (secondary N) is 2. The van der Waals surface area contributed by atoms with E-state index in [1.807, 2.05) is 31.3 Å². The number of benzene rings is 1. The van der Waals surface area contributed by atoms with E-state index in [-0.39, 0.29) is 5.91 Å². The second-order valence-corrected chi connectivity index (χ2v) is 4.42. The Labute approximate surface area is 118 Å². The molecule has 1 aromatic heterocycles. The van der Waals surface area contributed by atoms with Crippen LogP contribution in [0.4, 0.5) is 5.69 Å². The fourth-order valence-electron chi connectivity index (χ4n) is 1.97. The van der Waals surface area contributed by atoms with Gasteiger partial charge in [0.1, 0.15) is 0 Å². The number of rotatable bonds is 5. The first-order valence-electron chi connectivity index (χ1n) is 6.37. The van der Waals surface area contributed by atoms with Crippen LogP contribution < -0.4 is 10.6 Å². The first-order valence-corrected chi connectivity index (χ1v) is 6.37. The number of hydrogen-bond donors (Lipinski definition) is 2. The lowest BCUT2D eigenvalue weighted by Gasteiger charge is -2.12. The van der Waals surface area contributed by atoms with Crippen molar-refractivity contribution >= 4 is 17.8 Å². The third-order valence-corrected chi connectivity index (χ3v) is 3.13. The number of carbonyl (C=O) groups is 1. The summed E-state index contributed by atoms with van der Waals surface area (Å²) in [5.41, 5.74) is 3.61. The van der Waals surface area contributed by atoms with E-state index in [2.05, 4.69) is 22.3 Å². The molecule has 20 heavy (non-hydrogen) atoms. The average molecular weight is 270 g/mol. The molecule has 0 bridgehead atoms. The van der Waals surface area contributed by atoms with E-state index in [0.717, 1.165) is 16.8 Å². The molecule has 0 aliphatic carbocycles. The first-order chi connectivity index (χ1) is 9.65. The Morgan fingerprint density at radius 1 is 1.50 bits per heavy atom. The molecule has 0 saturated heterocycles. The van der Waals surface area contributed by atoms with Crippen molar-refractivity contribution in [1.82, 2.24) is 15.1 Å². The summed E-state index contributed by atoms with van der Waals surface area (Å²) >= 11 is 0. The number of aromatic nitrogens is 2. The Hall–Kier alpha value is -2.56. The van der Waals surface area contributed by atoms with Crippen molar-refractivity contribution in [2.45, 2.75) is 13.5 Å². The molecule has 104 valence electrons. The van der Waals surface area contributed by atoms with Gasteiger partial charge in [-0.1, -0.05) is 12.6 Å². The first kappa shape index (κ1) is 13.9. The van der Waals surface area contributed by atoms with Gasteiger partial charge in [-0.15, -0.1) is 0 Å². The van der Waals surface area contributed by atoms with Crippen LogP contribution >= 0.6 is 0 Å². The second-order valence-electron chi connectivity index (χ2n) is 4.42. The van der Waals surface area contributed by atoms with Gasteiger partial charge in [0.25, 0.3) is 5.91 Å². The van der Waals surface area contributed by atoms with E-state index >= 15 is 0 Å². The molecule has 1 amide bonds. The summed E-state index contributed by atoms with van der Waals surface area (Å²) in [6.07, 6.45) is 5.32. The highest BCUT2D eigenvalue weighted by molar-refractivity contribution is 5.96. The summed E-state index contributed by atoms with van der Waals surface area (Å²) < 4.78 is 1.66. The number of amides is 1. The molecular weight excluding hydrogens is 252 g/mol. The zero-order chi connectivity index (χ0) is 14.5. The van der Waals surface area contributed by atoms with Crippen LogP contribution in [0.25, 0.3) is 6.20 Å². The van der Waals surface area contributed by atoms with Gasteiger partial charge in [0.15, 0.2) is 0 Å². The highest BCUT2D eigenvalue weighted by Crippen LogP contribution is 2.19. The molecule has 2 N–H and O–H groups in total. The molecule has 0 aliphatic rings. The van der Waals surface area contributed by atoms with Crippen LogP contribution in [0.3, 0.4) is 0 Å². The fourth-order valence-corrected chi connectivity index (χ4v) is 1.97. The maximum absolute atomic E-state index is 11.7. The van der Waals surface area contributed by atoms with Gasteiger partial charge in [0.2, 0.25) is 0 Å². The molecule has 0 atom stereocenters. The van der Waals surface area contributed by atoms with Crippen molar-refractivity contribution in [3.63, 3.8) is 0 Å². The van der Waals surface area contributed by atoms with Crippen LogP contribution in [-0.4, -0.2) is 22.7 Å². The topological polar surface area (TPSA) is 59.0 Å². The molecule has 1 heterocycles. The van der Waals surface area contributed by atoms with Gasteiger partial charge in [-0.3, -0.25) is 4.79 Å². The molecule has 0 radical (unpaired) electrons. The van der Waals surface area contributed by atoms with Crippen molar-refractivity contribution in [2.75, 3.05) is 12.4 Å². The molecule has 2 aromatic rings. The van der Waals surface area contributed by atoms with Gasteiger partial charge in [-0.2, -0.15) is 5.10 Å². The molecule has 2 rings (SSSR count). The monoisotopic (exact) mass is 270 g/mol. The normalized spacial score (nSPS) is 10.1. The number of carbonyl (C=O) groups excluding carboxylic acids is 1. The predicted molar refractivity (Wildman–Crippen MR) is 80.5 cm³/mol. The van der Waals surface area contributed by atoms with Crippen LogP contribution in [0.2, 0.25) is 0 Å². The van der Waals surface area contributed by atoms with E-state index in [1.165, 1.54) is 0 Å². The van der Waals surface area contributed by atoms with E-state index < -0.39 is 0 Å². The molecule has 0 unspecified atom stereocenters. The largest absolute Gasteiger partial charge is 0.381 e. The van der Waals surface area contributed by atoms with E-state index in [9.17, 15) is 4.79 Å².